The maximum atomic E-state index is 6.29. The molecule has 1 aromatic heterocycles. The molecule has 1 aliphatic carbocycles. The van der Waals surface area contributed by atoms with Gasteiger partial charge < -0.3 is 5.73 Å². The van der Waals surface area contributed by atoms with Gasteiger partial charge in [-0.3, -0.25) is 4.68 Å². The van der Waals surface area contributed by atoms with Gasteiger partial charge in [0.2, 0.25) is 0 Å². The predicted molar refractivity (Wildman–Crippen MR) is 56.9 cm³/mol. The zero-order chi connectivity index (χ0) is 10.2. The average Bonchev–Trinajstić information content (AvgIpc) is 2.62. The molecule has 0 spiro atoms. The molecule has 14 heavy (non-hydrogen) atoms. The number of rotatable bonds is 1. The highest BCUT2D eigenvalue weighted by Crippen LogP contribution is 2.39. The molecule has 1 aliphatic rings. The van der Waals surface area contributed by atoms with E-state index in [1.54, 1.807) is 0 Å². The Morgan fingerprint density at radius 2 is 2.29 bits per heavy atom. The van der Waals surface area contributed by atoms with Crippen LogP contribution in [0, 0.1) is 5.41 Å². The summed E-state index contributed by atoms with van der Waals surface area (Å²) in [6, 6.07) is 2.57. The summed E-state index contributed by atoms with van der Waals surface area (Å²) >= 11 is 0. The van der Waals surface area contributed by atoms with Crippen LogP contribution in [-0.2, 0) is 0 Å². The van der Waals surface area contributed by atoms with Gasteiger partial charge in [-0.2, -0.15) is 5.10 Å². The van der Waals surface area contributed by atoms with E-state index in [0.29, 0.717) is 6.04 Å². The Bertz CT molecular complexity index is 289. The zero-order valence-electron chi connectivity index (χ0n) is 8.98. The molecule has 2 unspecified atom stereocenters. The van der Waals surface area contributed by atoms with E-state index in [0.717, 1.165) is 6.42 Å². The summed E-state index contributed by atoms with van der Waals surface area (Å²) < 4.78 is 2.02. The average molecular weight is 193 g/mol. The first-order valence-electron chi connectivity index (χ1n) is 5.36. The number of hydrogen-bond donors (Lipinski definition) is 1. The molecule has 3 heteroatoms. The van der Waals surface area contributed by atoms with Gasteiger partial charge in [-0.05, 0) is 24.3 Å². The maximum absolute atomic E-state index is 6.29. The van der Waals surface area contributed by atoms with Crippen LogP contribution in [0.1, 0.15) is 39.2 Å². The van der Waals surface area contributed by atoms with Crippen molar-refractivity contribution in [3.8, 4) is 0 Å². The summed E-state index contributed by atoms with van der Waals surface area (Å²) in [7, 11) is 0. The summed E-state index contributed by atoms with van der Waals surface area (Å²) in [6.07, 6.45) is 7.49. The minimum atomic E-state index is 0.219. The van der Waals surface area contributed by atoms with Gasteiger partial charge in [-0.15, -0.1) is 0 Å². The van der Waals surface area contributed by atoms with Crippen molar-refractivity contribution in [1.29, 1.82) is 0 Å². The molecule has 78 valence electrons. The highest BCUT2D eigenvalue weighted by Gasteiger charge is 2.37. The van der Waals surface area contributed by atoms with Crippen molar-refractivity contribution >= 4 is 0 Å². The van der Waals surface area contributed by atoms with Crippen molar-refractivity contribution in [2.75, 3.05) is 0 Å². The molecule has 1 heterocycles. The van der Waals surface area contributed by atoms with Crippen molar-refractivity contribution in [1.82, 2.24) is 9.78 Å². The third-order valence-corrected chi connectivity index (χ3v) is 3.50. The van der Waals surface area contributed by atoms with E-state index < -0.39 is 0 Å². The largest absolute Gasteiger partial charge is 0.325 e. The molecule has 2 rings (SSSR count). The maximum Gasteiger partial charge on any atom is 0.0675 e. The summed E-state index contributed by atoms with van der Waals surface area (Å²) in [5.74, 6) is 0. The lowest BCUT2D eigenvalue weighted by Crippen LogP contribution is -2.47. The van der Waals surface area contributed by atoms with Gasteiger partial charge in [0.15, 0.2) is 0 Å². The van der Waals surface area contributed by atoms with Crippen molar-refractivity contribution in [2.24, 2.45) is 11.1 Å². The van der Waals surface area contributed by atoms with Gasteiger partial charge in [-0.25, -0.2) is 0 Å². The first-order valence-corrected chi connectivity index (χ1v) is 5.36. The van der Waals surface area contributed by atoms with Crippen LogP contribution in [0.5, 0.6) is 0 Å². The fraction of sp³-hybridized carbons (Fsp3) is 0.727. The SMILES string of the molecule is CC1(C)CCCC(n2cccn2)C1N. The van der Waals surface area contributed by atoms with Crippen LogP contribution in [0.2, 0.25) is 0 Å². The van der Waals surface area contributed by atoms with Crippen molar-refractivity contribution in [3.05, 3.63) is 18.5 Å². The normalized spacial score (nSPS) is 31.6. The van der Waals surface area contributed by atoms with Crippen LogP contribution in [0.4, 0.5) is 0 Å². The molecule has 0 amide bonds. The molecular formula is C11H19N3. The summed E-state index contributed by atoms with van der Waals surface area (Å²) in [6.45, 7) is 4.51. The predicted octanol–water partition coefficient (Wildman–Crippen LogP) is 1.96. The monoisotopic (exact) mass is 193 g/mol. The van der Waals surface area contributed by atoms with Gasteiger partial charge in [0.1, 0.15) is 0 Å². The Labute approximate surface area is 85.3 Å². The van der Waals surface area contributed by atoms with Gasteiger partial charge in [0.25, 0.3) is 0 Å². The van der Waals surface area contributed by atoms with E-state index in [2.05, 4.69) is 18.9 Å². The van der Waals surface area contributed by atoms with Crippen LogP contribution in [0.15, 0.2) is 18.5 Å². The summed E-state index contributed by atoms with van der Waals surface area (Å²) in [5, 5.41) is 4.29. The molecule has 2 atom stereocenters. The lowest BCUT2D eigenvalue weighted by Gasteiger charge is -2.41. The summed E-state index contributed by atoms with van der Waals surface area (Å²) in [5.41, 5.74) is 6.53. The minimum Gasteiger partial charge on any atom is -0.325 e. The molecule has 0 radical (unpaired) electrons. The molecule has 1 aromatic rings. The first kappa shape index (κ1) is 9.71. The second-order valence-corrected chi connectivity index (χ2v) is 4.96. The third kappa shape index (κ3) is 1.57. The smallest absolute Gasteiger partial charge is 0.0675 e. The van der Waals surface area contributed by atoms with Crippen molar-refractivity contribution in [3.63, 3.8) is 0 Å². The standard InChI is InChI=1S/C11H19N3/c1-11(2)6-3-5-9(10(11)12)14-8-4-7-13-14/h4,7-10H,3,5-6,12H2,1-2H3. The Hall–Kier alpha value is -0.830. The Morgan fingerprint density at radius 3 is 2.93 bits per heavy atom. The van der Waals surface area contributed by atoms with E-state index in [1.165, 1.54) is 12.8 Å². The van der Waals surface area contributed by atoms with E-state index in [4.69, 9.17) is 5.73 Å². The van der Waals surface area contributed by atoms with Gasteiger partial charge in [-0.1, -0.05) is 20.3 Å². The number of hydrogen-bond acceptors (Lipinski definition) is 2. The number of nitrogens with two attached hydrogens (primary N) is 1. The molecule has 2 N–H and O–H groups in total. The molecule has 0 bridgehead atoms. The van der Waals surface area contributed by atoms with Crippen LogP contribution in [0.25, 0.3) is 0 Å². The zero-order valence-corrected chi connectivity index (χ0v) is 8.98. The van der Waals surface area contributed by atoms with Crippen LogP contribution in [0.3, 0.4) is 0 Å². The molecular weight excluding hydrogens is 174 g/mol. The number of nitrogens with zero attached hydrogens (tertiary/aromatic N) is 2. The fourth-order valence-corrected chi connectivity index (χ4v) is 2.41. The topological polar surface area (TPSA) is 43.8 Å². The van der Waals surface area contributed by atoms with Gasteiger partial charge in [0, 0.05) is 18.4 Å². The van der Waals surface area contributed by atoms with Crippen LogP contribution >= 0.6 is 0 Å². The second-order valence-electron chi connectivity index (χ2n) is 4.96. The quantitative estimate of drug-likeness (QED) is 0.741. The third-order valence-electron chi connectivity index (χ3n) is 3.50. The summed E-state index contributed by atoms with van der Waals surface area (Å²) in [4.78, 5) is 0. The van der Waals surface area contributed by atoms with Crippen molar-refractivity contribution < 1.29 is 0 Å². The van der Waals surface area contributed by atoms with Crippen LogP contribution in [-0.4, -0.2) is 15.8 Å². The Morgan fingerprint density at radius 1 is 1.50 bits per heavy atom. The molecule has 1 saturated carbocycles. The Kier molecular flexibility index (Phi) is 2.35. The van der Waals surface area contributed by atoms with E-state index in [1.807, 2.05) is 23.1 Å². The highest BCUT2D eigenvalue weighted by atomic mass is 15.3. The van der Waals surface area contributed by atoms with Gasteiger partial charge in [0.05, 0.1) is 6.04 Å². The molecule has 3 nitrogen and oxygen atoms in total. The Balaban J connectivity index is 2.20. The van der Waals surface area contributed by atoms with Crippen LogP contribution < -0.4 is 5.73 Å². The van der Waals surface area contributed by atoms with E-state index in [9.17, 15) is 0 Å². The van der Waals surface area contributed by atoms with Crippen molar-refractivity contribution in [2.45, 2.75) is 45.2 Å². The van der Waals surface area contributed by atoms with E-state index >= 15 is 0 Å². The lowest BCUT2D eigenvalue weighted by atomic mass is 9.71. The number of aromatic nitrogens is 2. The molecule has 0 saturated heterocycles. The van der Waals surface area contributed by atoms with E-state index in [-0.39, 0.29) is 11.5 Å². The minimum absolute atomic E-state index is 0.219. The fourth-order valence-electron chi connectivity index (χ4n) is 2.41. The highest BCUT2D eigenvalue weighted by molar-refractivity contribution is 4.95. The second kappa shape index (κ2) is 3.39. The molecule has 0 aromatic carbocycles. The lowest BCUT2D eigenvalue weighted by molar-refractivity contribution is 0.135. The first-order chi connectivity index (χ1) is 6.61. The van der Waals surface area contributed by atoms with Gasteiger partial charge >= 0.3 is 0 Å². The molecule has 1 fully saturated rings. The molecule has 0 aliphatic heterocycles.